The second-order valence-electron chi connectivity index (χ2n) is 5.05. The van der Waals surface area contributed by atoms with E-state index in [-0.39, 0.29) is 18.2 Å². The van der Waals surface area contributed by atoms with E-state index in [0.29, 0.717) is 19.4 Å². The molecule has 1 aliphatic rings. The number of carbonyl (C=O) groups is 2. The molecule has 1 aliphatic heterocycles. The lowest BCUT2D eigenvalue weighted by atomic mass is 10.1. The van der Waals surface area contributed by atoms with Crippen LogP contribution in [0.25, 0.3) is 0 Å². The van der Waals surface area contributed by atoms with Gasteiger partial charge in [-0.25, -0.2) is 4.39 Å². The Morgan fingerprint density at radius 2 is 2.19 bits per heavy atom. The number of ether oxygens (including phenoxy) is 1. The lowest BCUT2D eigenvalue weighted by molar-refractivity contribution is -0.142. The largest absolute Gasteiger partial charge is 0.481 e. The molecule has 1 N–H and O–H groups in total. The quantitative estimate of drug-likeness (QED) is 0.901. The Morgan fingerprint density at radius 3 is 2.76 bits per heavy atom. The molecule has 1 heterocycles. The van der Waals surface area contributed by atoms with E-state index < -0.39 is 23.8 Å². The van der Waals surface area contributed by atoms with Gasteiger partial charge in [-0.1, -0.05) is 19.1 Å². The summed E-state index contributed by atoms with van der Waals surface area (Å²) >= 11 is 0. The highest BCUT2D eigenvalue weighted by molar-refractivity contribution is 5.82. The molecule has 6 heteroatoms. The molecule has 1 aromatic rings. The van der Waals surface area contributed by atoms with Crippen LogP contribution in [0.4, 0.5) is 4.39 Å². The van der Waals surface area contributed by atoms with E-state index in [0.717, 1.165) is 0 Å². The van der Waals surface area contributed by atoms with E-state index in [1.54, 1.807) is 19.1 Å². The zero-order valence-electron chi connectivity index (χ0n) is 11.8. The molecule has 0 spiro atoms. The van der Waals surface area contributed by atoms with Crippen molar-refractivity contribution < 1.29 is 23.8 Å². The summed E-state index contributed by atoms with van der Waals surface area (Å²) in [5.41, 5.74) is 0. The fourth-order valence-corrected chi connectivity index (χ4v) is 2.37. The topological polar surface area (TPSA) is 66.8 Å². The summed E-state index contributed by atoms with van der Waals surface area (Å²) in [6.07, 6.45) is 0.0351. The molecule has 0 unspecified atom stereocenters. The second kappa shape index (κ2) is 6.56. The number of carboxylic acids is 1. The molecule has 1 aromatic carbocycles. The zero-order valence-corrected chi connectivity index (χ0v) is 11.8. The molecule has 5 nitrogen and oxygen atoms in total. The number of rotatable bonds is 5. The normalized spacial score (nSPS) is 19.3. The van der Waals surface area contributed by atoms with Crippen molar-refractivity contribution in [2.45, 2.75) is 25.9 Å². The lowest BCUT2D eigenvalue weighted by Crippen LogP contribution is -2.41. The van der Waals surface area contributed by atoms with Crippen LogP contribution in [-0.2, 0) is 9.59 Å². The van der Waals surface area contributed by atoms with Crippen molar-refractivity contribution in [3.05, 3.63) is 30.1 Å². The van der Waals surface area contributed by atoms with Gasteiger partial charge in [0.2, 0.25) is 0 Å². The average Bonchev–Trinajstić information content (AvgIpc) is 2.96. The number of benzene rings is 1. The molecule has 0 saturated carbocycles. The Labute approximate surface area is 122 Å². The van der Waals surface area contributed by atoms with Crippen LogP contribution in [0.2, 0.25) is 0 Å². The molecule has 0 aromatic heterocycles. The van der Waals surface area contributed by atoms with Crippen molar-refractivity contribution in [3.63, 3.8) is 0 Å². The standard InChI is InChI=1S/C15H18FNO4/c1-2-12(21-13-6-4-3-5-11(13)16)14(18)17-8-7-10(9-17)15(19)20/h3-6,10,12H,2,7-9H2,1H3,(H,19,20)/t10-,12-/m0/s1. The lowest BCUT2D eigenvalue weighted by Gasteiger charge is -2.23. The summed E-state index contributed by atoms with van der Waals surface area (Å²) in [5, 5.41) is 8.96. The highest BCUT2D eigenvalue weighted by Gasteiger charge is 2.34. The van der Waals surface area contributed by atoms with Gasteiger partial charge < -0.3 is 14.7 Å². The number of para-hydroxylation sites is 1. The van der Waals surface area contributed by atoms with Crippen LogP contribution in [-0.4, -0.2) is 41.1 Å². The highest BCUT2D eigenvalue weighted by Crippen LogP contribution is 2.22. The maximum Gasteiger partial charge on any atom is 0.308 e. The third-order valence-corrected chi connectivity index (χ3v) is 3.60. The van der Waals surface area contributed by atoms with Crippen molar-refractivity contribution in [1.82, 2.24) is 4.90 Å². The Bertz CT molecular complexity index is 534. The van der Waals surface area contributed by atoms with Crippen molar-refractivity contribution in [1.29, 1.82) is 0 Å². The van der Waals surface area contributed by atoms with Gasteiger partial charge in [0.05, 0.1) is 5.92 Å². The third kappa shape index (κ3) is 3.51. The van der Waals surface area contributed by atoms with Gasteiger partial charge in [0.15, 0.2) is 17.7 Å². The second-order valence-corrected chi connectivity index (χ2v) is 5.05. The van der Waals surface area contributed by atoms with Crippen LogP contribution >= 0.6 is 0 Å². The van der Waals surface area contributed by atoms with Crippen molar-refractivity contribution >= 4 is 11.9 Å². The van der Waals surface area contributed by atoms with Crippen LogP contribution in [0.1, 0.15) is 19.8 Å². The van der Waals surface area contributed by atoms with Crippen molar-refractivity contribution in [2.24, 2.45) is 5.92 Å². The molecule has 21 heavy (non-hydrogen) atoms. The number of carboxylic acid groups (broad SMARTS) is 1. The van der Waals surface area contributed by atoms with E-state index in [9.17, 15) is 14.0 Å². The predicted octanol–water partition coefficient (Wildman–Crippen LogP) is 1.92. The molecular formula is C15H18FNO4. The number of aliphatic carboxylic acids is 1. The molecule has 1 amide bonds. The first kappa shape index (κ1) is 15.3. The van der Waals surface area contributed by atoms with Crippen LogP contribution in [0.15, 0.2) is 24.3 Å². The van der Waals surface area contributed by atoms with Gasteiger partial charge in [0, 0.05) is 13.1 Å². The Morgan fingerprint density at radius 1 is 1.48 bits per heavy atom. The number of amides is 1. The maximum atomic E-state index is 13.6. The number of likely N-dealkylation sites (tertiary alicyclic amines) is 1. The van der Waals surface area contributed by atoms with Crippen LogP contribution in [0.5, 0.6) is 5.75 Å². The minimum atomic E-state index is -0.895. The highest BCUT2D eigenvalue weighted by atomic mass is 19.1. The summed E-state index contributed by atoms with van der Waals surface area (Å²) in [5.74, 6) is -2.20. The van der Waals surface area contributed by atoms with Gasteiger partial charge in [0.25, 0.3) is 5.91 Å². The molecule has 2 atom stereocenters. The van der Waals surface area contributed by atoms with Crippen LogP contribution in [0, 0.1) is 11.7 Å². The van der Waals surface area contributed by atoms with E-state index in [1.165, 1.54) is 17.0 Å². The minimum Gasteiger partial charge on any atom is -0.481 e. The number of halogens is 1. The molecule has 2 rings (SSSR count). The number of hydrogen-bond donors (Lipinski definition) is 1. The maximum absolute atomic E-state index is 13.6. The van der Waals surface area contributed by atoms with Gasteiger partial charge in [-0.05, 0) is 25.0 Å². The summed E-state index contributed by atoms with van der Waals surface area (Å²) in [6.45, 7) is 2.35. The van der Waals surface area contributed by atoms with Crippen molar-refractivity contribution in [3.8, 4) is 5.75 Å². The Kier molecular flexibility index (Phi) is 4.77. The van der Waals surface area contributed by atoms with E-state index in [2.05, 4.69) is 0 Å². The summed E-state index contributed by atoms with van der Waals surface area (Å²) < 4.78 is 19.0. The number of hydrogen-bond acceptors (Lipinski definition) is 3. The molecule has 0 bridgehead atoms. The average molecular weight is 295 g/mol. The van der Waals surface area contributed by atoms with E-state index >= 15 is 0 Å². The summed E-state index contributed by atoms with van der Waals surface area (Å²) in [7, 11) is 0. The zero-order chi connectivity index (χ0) is 15.4. The smallest absolute Gasteiger partial charge is 0.308 e. The summed E-state index contributed by atoms with van der Waals surface area (Å²) in [6, 6.07) is 5.91. The number of nitrogens with zero attached hydrogens (tertiary/aromatic N) is 1. The van der Waals surface area contributed by atoms with Gasteiger partial charge >= 0.3 is 5.97 Å². The van der Waals surface area contributed by atoms with Crippen LogP contribution < -0.4 is 4.74 Å². The third-order valence-electron chi connectivity index (χ3n) is 3.60. The van der Waals surface area contributed by atoms with Gasteiger partial charge in [-0.2, -0.15) is 0 Å². The SMILES string of the molecule is CC[C@H](Oc1ccccc1F)C(=O)N1CC[C@H](C(=O)O)C1. The van der Waals surface area contributed by atoms with Crippen LogP contribution in [0.3, 0.4) is 0 Å². The molecular weight excluding hydrogens is 277 g/mol. The van der Waals surface area contributed by atoms with E-state index in [4.69, 9.17) is 9.84 Å². The first-order valence-electron chi connectivity index (χ1n) is 6.95. The fraction of sp³-hybridized carbons (Fsp3) is 0.467. The molecule has 114 valence electrons. The molecule has 1 saturated heterocycles. The monoisotopic (exact) mass is 295 g/mol. The Balaban J connectivity index is 2.03. The van der Waals surface area contributed by atoms with Crippen molar-refractivity contribution in [2.75, 3.05) is 13.1 Å². The fourth-order valence-electron chi connectivity index (χ4n) is 2.37. The van der Waals surface area contributed by atoms with Gasteiger partial charge in [-0.15, -0.1) is 0 Å². The summed E-state index contributed by atoms with van der Waals surface area (Å²) in [4.78, 5) is 24.8. The molecule has 0 radical (unpaired) electrons. The van der Waals surface area contributed by atoms with E-state index in [1.807, 2.05) is 0 Å². The predicted molar refractivity (Wildman–Crippen MR) is 73.4 cm³/mol. The first-order valence-corrected chi connectivity index (χ1v) is 6.95. The van der Waals surface area contributed by atoms with Gasteiger partial charge in [0.1, 0.15) is 0 Å². The minimum absolute atomic E-state index is 0.0340. The molecule has 1 fully saturated rings. The number of carbonyl (C=O) groups excluding carboxylic acids is 1. The molecule has 0 aliphatic carbocycles. The first-order chi connectivity index (χ1) is 10.0. The Hall–Kier alpha value is -2.11. The van der Waals surface area contributed by atoms with Gasteiger partial charge in [-0.3, -0.25) is 9.59 Å².